The molecule has 0 unspecified atom stereocenters. The molecule has 3 amide bonds. The zero-order chi connectivity index (χ0) is 23.6. The maximum Gasteiger partial charge on any atom is 0.259 e. The molecule has 7 rings (SSSR count). The summed E-state index contributed by atoms with van der Waals surface area (Å²) in [6, 6.07) is 13.9. The summed E-state index contributed by atoms with van der Waals surface area (Å²) in [4.78, 5) is 43.5. The average molecular weight is 459 g/mol. The Morgan fingerprint density at radius 2 is 1.53 bits per heavy atom. The highest BCUT2D eigenvalue weighted by Gasteiger charge is 2.67. The molecule has 0 radical (unpaired) electrons. The summed E-state index contributed by atoms with van der Waals surface area (Å²) in [5, 5.41) is 0. The minimum atomic E-state index is -0.316. The zero-order valence-electron chi connectivity index (χ0n) is 19.1. The zero-order valence-corrected chi connectivity index (χ0v) is 19.1. The lowest BCUT2D eigenvalue weighted by Gasteiger charge is -2.37. The molecule has 174 valence electrons. The number of hydrogen-bond donors (Lipinski definition) is 0. The molecule has 2 aromatic carbocycles. The van der Waals surface area contributed by atoms with Gasteiger partial charge < -0.3 is 9.47 Å². The lowest BCUT2D eigenvalue weighted by Crippen LogP contribution is -2.45. The minimum absolute atomic E-state index is 0.123. The third-order valence-electron chi connectivity index (χ3n) is 7.98. The van der Waals surface area contributed by atoms with Crippen LogP contribution in [0.5, 0.6) is 11.5 Å². The van der Waals surface area contributed by atoms with E-state index in [9.17, 15) is 14.4 Å². The highest BCUT2D eigenvalue weighted by molar-refractivity contribution is 6.10. The Bertz CT molecular complexity index is 1170. The van der Waals surface area contributed by atoms with Crippen LogP contribution < -0.4 is 14.4 Å². The molecule has 2 bridgehead atoms. The van der Waals surface area contributed by atoms with Gasteiger partial charge in [0.25, 0.3) is 5.91 Å². The van der Waals surface area contributed by atoms with Gasteiger partial charge in [-0.1, -0.05) is 18.2 Å². The van der Waals surface area contributed by atoms with E-state index in [4.69, 9.17) is 9.47 Å². The van der Waals surface area contributed by atoms with Gasteiger partial charge in [-0.05, 0) is 72.6 Å². The first-order valence-corrected chi connectivity index (χ1v) is 11.7. The van der Waals surface area contributed by atoms with Crippen molar-refractivity contribution in [3.63, 3.8) is 0 Å². The first kappa shape index (κ1) is 21.0. The molecule has 2 saturated carbocycles. The van der Waals surface area contributed by atoms with Crippen LogP contribution in [0.15, 0.2) is 60.7 Å². The third-order valence-corrected chi connectivity index (χ3v) is 7.98. The minimum Gasteiger partial charge on any atom is -0.497 e. The molecule has 7 nitrogen and oxygen atoms in total. The van der Waals surface area contributed by atoms with E-state index in [1.165, 1.54) is 9.80 Å². The molecule has 5 aliphatic rings. The fourth-order valence-electron chi connectivity index (χ4n) is 6.24. The molecular weight excluding hydrogens is 432 g/mol. The van der Waals surface area contributed by atoms with Crippen molar-refractivity contribution in [3.8, 4) is 11.5 Å². The number of nitrogens with zero attached hydrogens (tertiary/aromatic N) is 2. The maximum absolute atomic E-state index is 13.7. The van der Waals surface area contributed by atoms with Crippen molar-refractivity contribution < 1.29 is 23.9 Å². The number of ether oxygens (including phenoxy) is 2. The topological polar surface area (TPSA) is 76.2 Å². The Morgan fingerprint density at radius 3 is 2.12 bits per heavy atom. The number of methoxy groups -OCH3 is 2. The monoisotopic (exact) mass is 458 g/mol. The summed E-state index contributed by atoms with van der Waals surface area (Å²) in [7, 11) is 3.12. The summed E-state index contributed by atoms with van der Waals surface area (Å²) in [5.74, 6) is 1.34. The van der Waals surface area contributed by atoms with Crippen LogP contribution in [0.4, 0.5) is 5.69 Å². The van der Waals surface area contributed by atoms with Gasteiger partial charge in [0.15, 0.2) is 0 Å². The van der Waals surface area contributed by atoms with E-state index in [0.29, 0.717) is 34.6 Å². The van der Waals surface area contributed by atoms with Gasteiger partial charge in [-0.15, -0.1) is 0 Å². The number of hydrogen-bond acceptors (Lipinski definition) is 5. The van der Waals surface area contributed by atoms with Gasteiger partial charge in [0.05, 0.1) is 26.1 Å². The molecule has 1 heterocycles. The first-order valence-electron chi connectivity index (χ1n) is 11.7. The summed E-state index contributed by atoms with van der Waals surface area (Å²) in [5.41, 5.74) is 0.989. The Balaban J connectivity index is 1.34. The van der Waals surface area contributed by atoms with Crippen LogP contribution in [0, 0.1) is 35.5 Å². The highest BCUT2D eigenvalue weighted by Crippen LogP contribution is 2.65. The van der Waals surface area contributed by atoms with Gasteiger partial charge in [0.2, 0.25) is 11.8 Å². The van der Waals surface area contributed by atoms with E-state index in [-0.39, 0.29) is 48.1 Å². The van der Waals surface area contributed by atoms with Crippen LogP contribution in [-0.4, -0.2) is 43.5 Å². The number of benzene rings is 2. The fraction of sp³-hybridized carbons (Fsp3) is 0.370. The average Bonchev–Trinajstić information content (AvgIpc) is 3.67. The Hall–Kier alpha value is -3.61. The van der Waals surface area contributed by atoms with Gasteiger partial charge in [0, 0.05) is 11.3 Å². The van der Waals surface area contributed by atoms with Crippen molar-refractivity contribution in [1.82, 2.24) is 4.90 Å². The van der Waals surface area contributed by atoms with Crippen molar-refractivity contribution in [2.75, 3.05) is 25.8 Å². The number of carbonyl (C=O) groups is 3. The number of amides is 3. The summed E-state index contributed by atoms with van der Waals surface area (Å²) in [6.45, 7) is -0.123. The molecule has 0 spiro atoms. The molecule has 34 heavy (non-hydrogen) atoms. The van der Waals surface area contributed by atoms with E-state index in [1.54, 1.807) is 62.8 Å². The van der Waals surface area contributed by atoms with Crippen molar-refractivity contribution in [1.29, 1.82) is 0 Å². The second kappa shape index (κ2) is 7.72. The fourth-order valence-corrected chi connectivity index (χ4v) is 6.24. The number of anilines is 1. The van der Waals surface area contributed by atoms with Crippen molar-refractivity contribution in [3.05, 3.63) is 66.2 Å². The normalized spacial score (nSPS) is 30.1. The molecular formula is C27H26N2O5. The van der Waals surface area contributed by atoms with Crippen LogP contribution in [0.2, 0.25) is 0 Å². The molecule has 0 N–H and O–H groups in total. The Kier molecular flexibility index (Phi) is 4.76. The summed E-state index contributed by atoms with van der Waals surface area (Å²) < 4.78 is 10.5. The third kappa shape index (κ3) is 3.06. The number of rotatable bonds is 6. The maximum atomic E-state index is 13.7. The summed E-state index contributed by atoms with van der Waals surface area (Å²) >= 11 is 0. The van der Waals surface area contributed by atoms with E-state index in [2.05, 4.69) is 12.2 Å². The Morgan fingerprint density at radius 1 is 0.912 bits per heavy atom. The molecule has 6 atom stereocenters. The number of allylic oxidation sites excluding steroid dienone is 2. The molecule has 7 heteroatoms. The van der Waals surface area contributed by atoms with Crippen molar-refractivity contribution in [2.24, 2.45) is 35.5 Å². The lowest BCUT2D eigenvalue weighted by molar-refractivity contribution is -0.140. The second-order valence-corrected chi connectivity index (χ2v) is 9.56. The van der Waals surface area contributed by atoms with Crippen molar-refractivity contribution >= 4 is 23.4 Å². The van der Waals surface area contributed by atoms with E-state index in [0.717, 1.165) is 6.42 Å². The van der Waals surface area contributed by atoms with Crippen LogP contribution in [0.3, 0.4) is 0 Å². The molecule has 0 aromatic heterocycles. The quantitative estimate of drug-likeness (QED) is 0.490. The molecule has 1 aliphatic heterocycles. The van der Waals surface area contributed by atoms with Crippen LogP contribution in [0.25, 0.3) is 0 Å². The Labute approximate surface area is 197 Å². The first-order chi connectivity index (χ1) is 16.5. The van der Waals surface area contributed by atoms with Gasteiger partial charge in [-0.3, -0.25) is 24.2 Å². The lowest BCUT2D eigenvalue weighted by atomic mass is 9.63. The van der Waals surface area contributed by atoms with E-state index >= 15 is 0 Å². The summed E-state index contributed by atoms with van der Waals surface area (Å²) in [6.07, 6.45) is 5.41. The highest BCUT2D eigenvalue weighted by atomic mass is 16.5. The molecule has 3 fully saturated rings. The smallest absolute Gasteiger partial charge is 0.259 e. The van der Waals surface area contributed by atoms with Crippen LogP contribution in [0.1, 0.15) is 16.8 Å². The van der Waals surface area contributed by atoms with Crippen LogP contribution >= 0.6 is 0 Å². The predicted octanol–water partition coefficient (Wildman–Crippen LogP) is 3.36. The molecule has 4 aliphatic carbocycles. The number of imide groups is 1. The van der Waals surface area contributed by atoms with E-state index in [1.807, 2.05) is 0 Å². The molecule has 1 saturated heterocycles. The van der Waals surface area contributed by atoms with Gasteiger partial charge in [-0.25, -0.2) is 0 Å². The van der Waals surface area contributed by atoms with Crippen molar-refractivity contribution in [2.45, 2.75) is 6.42 Å². The largest absolute Gasteiger partial charge is 0.497 e. The molecule has 2 aromatic rings. The van der Waals surface area contributed by atoms with Crippen LogP contribution in [-0.2, 0) is 9.59 Å². The van der Waals surface area contributed by atoms with Gasteiger partial charge in [-0.2, -0.15) is 0 Å². The predicted molar refractivity (Wildman–Crippen MR) is 124 cm³/mol. The SMILES string of the molecule is COc1ccc(N(CN2C(=O)[C@@H]3[C@@H]4C=C[C@H]([C@H]5C[C@H]45)[C@@H]3C2=O)C(=O)c2cccc(OC)c2)cc1. The standard InChI is InChI=1S/C27H26N2O5/c1-33-17-8-6-16(7-9-17)28(25(30)15-4-3-5-18(12-15)34-2)14-29-26(31)23-19-10-11-20(22-13-21(19)22)24(23)27(29)32/h3-12,19-24H,13-14H2,1-2H3/t19-,20-,21-,22-,23-,24+/m1/s1. The van der Waals surface area contributed by atoms with Gasteiger partial charge >= 0.3 is 0 Å². The number of carbonyl (C=O) groups excluding carboxylic acids is 3. The second-order valence-electron chi connectivity index (χ2n) is 9.56. The van der Waals surface area contributed by atoms with Gasteiger partial charge in [0.1, 0.15) is 18.2 Å². The number of likely N-dealkylation sites (tertiary alicyclic amines) is 1. The van der Waals surface area contributed by atoms with E-state index < -0.39 is 0 Å².